The molecule has 0 saturated carbocycles. The predicted molar refractivity (Wildman–Crippen MR) is 126 cm³/mol. The molecular formula is C23H28Cl2N2O2S. The second kappa shape index (κ2) is 12.2. The van der Waals surface area contributed by atoms with E-state index < -0.39 is 6.04 Å². The van der Waals surface area contributed by atoms with E-state index in [1.165, 1.54) is 17.3 Å². The van der Waals surface area contributed by atoms with Gasteiger partial charge < -0.3 is 10.2 Å². The second-order valence-electron chi connectivity index (χ2n) is 7.09. The van der Waals surface area contributed by atoms with Crippen molar-refractivity contribution in [2.45, 2.75) is 51.1 Å². The molecule has 2 amide bonds. The second-order valence-corrected chi connectivity index (χ2v) is 8.95. The molecule has 4 nitrogen and oxygen atoms in total. The van der Waals surface area contributed by atoms with Crippen LogP contribution in [0.3, 0.4) is 0 Å². The van der Waals surface area contributed by atoms with Crippen LogP contribution < -0.4 is 5.32 Å². The van der Waals surface area contributed by atoms with Crippen LogP contribution >= 0.6 is 35.0 Å². The summed E-state index contributed by atoms with van der Waals surface area (Å²) in [6.07, 6.45) is 1.37. The molecule has 0 bridgehead atoms. The first-order valence-corrected chi connectivity index (χ1v) is 11.8. The standard InChI is InChI=1S/C23H28Cl2N2O2S/c1-4-12-26-23(29)21(5-2)27(14-17-8-11-19(24)20(25)13-17)22(28)15-30-18-9-6-16(3)7-10-18/h6-11,13,21H,4-5,12,14-15H2,1-3H3,(H,26,29). The first-order valence-electron chi connectivity index (χ1n) is 10.1. The van der Waals surface area contributed by atoms with Gasteiger partial charge in [-0.3, -0.25) is 9.59 Å². The zero-order valence-electron chi connectivity index (χ0n) is 17.6. The molecule has 162 valence electrons. The molecule has 0 aromatic heterocycles. The fraction of sp³-hybridized carbons (Fsp3) is 0.391. The number of rotatable bonds is 10. The quantitative estimate of drug-likeness (QED) is 0.454. The topological polar surface area (TPSA) is 49.4 Å². The number of nitrogens with zero attached hydrogens (tertiary/aromatic N) is 1. The molecule has 0 spiro atoms. The Morgan fingerprint density at radius 1 is 1.07 bits per heavy atom. The summed E-state index contributed by atoms with van der Waals surface area (Å²) in [5.74, 6) is 0.0281. The minimum atomic E-state index is -0.544. The van der Waals surface area contributed by atoms with Gasteiger partial charge in [-0.15, -0.1) is 11.8 Å². The van der Waals surface area contributed by atoms with Gasteiger partial charge in [0.15, 0.2) is 0 Å². The van der Waals surface area contributed by atoms with Crippen molar-refractivity contribution in [3.8, 4) is 0 Å². The van der Waals surface area contributed by atoms with Crippen molar-refractivity contribution in [3.63, 3.8) is 0 Å². The van der Waals surface area contributed by atoms with Gasteiger partial charge in [0.25, 0.3) is 0 Å². The number of carbonyl (C=O) groups is 2. The monoisotopic (exact) mass is 466 g/mol. The molecule has 0 radical (unpaired) electrons. The van der Waals surface area contributed by atoms with Crippen molar-refractivity contribution in [1.82, 2.24) is 10.2 Å². The molecule has 0 heterocycles. The molecule has 2 aromatic rings. The first kappa shape index (κ1) is 24.6. The van der Waals surface area contributed by atoms with E-state index in [-0.39, 0.29) is 17.6 Å². The third-order valence-electron chi connectivity index (χ3n) is 4.66. The molecule has 0 fully saturated rings. The fourth-order valence-corrected chi connectivity index (χ4v) is 4.09. The lowest BCUT2D eigenvalue weighted by Crippen LogP contribution is -2.49. The number of thioether (sulfide) groups is 1. The van der Waals surface area contributed by atoms with Crippen molar-refractivity contribution in [3.05, 3.63) is 63.6 Å². The smallest absolute Gasteiger partial charge is 0.242 e. The van der Waals surface area contributed by atoms with E-state index in [1.54, 1.807) is 17.0 Å². The maximum absolute atomic E-state index is 13.2. The number of hydrogen-bond acceptors (Lipinski definition) is 3. The zero-order chi connectivity index (χ0) is 22.1. The van der Waals surface area contributed by atoms with E-state index in [0.717, 1.165) is 16.9 Å². The van der Waals surface area contributed by atoms with Crippen LogP contribution in [0.2, 0.25) is 10.0 Å². The molecule has 1 atom stereocenters. The Labute approximate surface area is 193 Å². The van der Waals surface area contributed by atoms with Gasteiger partial charge in [-0.05, 0) is 49.6 Å². The molecule has 0 saturated heterocycles. The van der Waals surface area contributed by atoms with Crippen molar-refractivity contribution < 1.29 is 9.59 Å². The van der Waals surface area contributed by atoms with E-state index in [2.05, 4.69) is 5.32 Å². The molecule has 2 rings (SSSR count). The number of halogens is 2. The third-order valence-corrected chi connectivity index (χ3v) is 6.39. The number of amides is 2. The van der Waals surface area contributed by atoms with Crippen LogP contribution in [0.15, 0.2) is 47.4 Å². The predicted octanol–water partition coefficient (Wildman–Crippen LogP) is 5.73. The van der Waals surface area contributed by atoms with Crippen molar-refractivity contribution >= 4 is 46.8 Å². The van der Waals surface area contributed by atoms with Crippen molar-refractivity contribution in [2.75, 3.05) is 12.3 Å². The summed E-state index contributed by atoms with van der Waals surface area (Å²) in [6, 6.07) is 12.8. The van der Waals surface area contributed by atoms with Gasteiger partial charge in [0, 0.05) is 18.0 Å². The van der Waals surface area contributed by atoms with Gasteiger partial charge in [-0.25, -0.2) is 0 Å². The Kier molecular flexibility index (Phi) is 10.0. The van der Waals surface area contributed by atoms with Crippen molar-refractivity contribution in [1.29, 1.82) is 0 Å². The summed E-state index contributed by atoms with van der Waals surface area (Å²) in [4.78, 5) is 28.6. The number of benzene rings is 2. The SMILES string of the molecule is CCCNC(=O)C(CC)N(Cc1ccc(Cl)c(Cl)c1)C(=O)CSc1ccc(C)cc1. The van der Waals surface area contributed by atoms with Crippen LogP contribution in [-0.4, -0.2) is 35.1 Å². The van der Waals surface area contributed by atoms with E-state index in [4.69, 9.17) is 23.2 Å². The third kappa shape index (κ3) is 7.22. The zero-order valence-corrected chi connectivity index (χ0v) is 19.9. The number of carbonyl (C=O) groups excluding carboxylic acids is 2. The molecule has 1 unspecified atom stereocenters. The van der Waals surface area contributed by atoms with Crippen LogP contribution in [0.25, 0.3) is 0 Å². The Balaban J connectivity index is 2.21. The first-order chi connectivity index (χ1) is 14.3. The highest BCUT2D eigenvalue weighted by Gasteiger charge is 2.28. The van der Waals surface area contributed by atoms with Crippen LogP contribution in [-0.2, 0) is 16.1 Å². The Morgan fingerprint density at radius 3 is 2.37 bits per heavy atom. The summed E-state index contributed by atoms with van der Waals surface area (Å²) < 4.78 is 0. The summed E-state index contributed by atoms with van der Waals surface area (Å²) in [7, 11) is 0. The van der Waals surface area contributed by atoms with Gasteiger partial charge in [-0.2, -0.15) is 0 Å². The maximum atomic E-state index is 13.2. The van der Waals surface area contributed by atoms with Gasteiger partial charge in [0.05, 0.1) is 15.8 Å². The highest BCUT2D eigenvalue weighted by atomic mass is 35.5. The summed E-state index contributed by atoms with van der Waals surface area (Å²) in [5, 5.41) is 3.81. The summed E-state index contributed by atoms with van der Waals surface area (Å²) in [6.45, 7) is 6.82. The van der Waals surface area contributed by atoms with Crippen LogP contribution in [0.5, 0.6) is 0 Å². The number of aryl methyl sites for hydroxylation is 1. The van der Waals surface area contributed by atoms with E-state index >= 15 is 0 Å². The van der Waals surface area contributed by atoms with Gasteiger partial charge >= 0.3 is 0 Å². The number of hydrogen-bond donors (Lipinski definition) is 1. The highest BCUT2D eigenvalue weighted by Crippen LogP contribution is 2.25. The number of nitrogens with one attached hydrogen (secondary N) is 1. The fourth-order valence-electron chi connectivity index (χ4n) is 2.98. The van der Waals surface area contributed by atoms with Gasteiger partial charge in [0.1, 0.15) is 6.04 Å². The molecule has 2 aromatic carbocycles. The molecule has 0 aliphatic rings. The molecule has 0 aliphatic carbocycles. The average Bonchev–Trinajstić information content (AvgIpc) is 2.74. The minimum Gasteiger partial charge on any atom is -0.354 e. The molecular weight excluding hydrogens is 439 g/mol. The maximum Gasteiger partial charge on any atom is 0.242 e. The molecule has 7 heteroatoms. The van der Waals surface area contributed by atoms with Crippen LogP contribution in [0, 0.1) is 6.92 Å². The Morgan fingerprint density at radius 2 is 1.77 bits per heavy atom. The van der Waals surface area contributed by atoms with E-state index in [1.807, 2.05) is 51.1 Å². The van der Waals surface area contributed by atoms with E-state index in [9.17, 15) is 9.59 Å². The lowest BCUT2D eigenvalue weighted by Gasteiger charge is -2.30. The molecule has 0 aliphatic heterocycles. The Bertz CT molecular complexity index is 859. The lowest BCUT2D eigenvalue weighted by molar-refractivity contribution is -0.139. The summed E-state index contributed by atoms with van der Waals surface area (Å²) >= 11 is 13.7. The summed E-state index contributed by atoms with van der Waals surface area (Å²) in [5.41, 5.74) is 2.00. The highest BCUT2D eigenvalue weighted by molar-refractivity contribution is 8.00. The molecule has 30 heavy (non-hydrogen) atoms. The lowest BCUT2D eigenvalue weighted by atomic mass is 10.1. The van der Waals surface area contributed by atoms with Crippen LogP contribution in [0.1, 0.15) is 37.8 Å². The largest absolute Gasteiger partial charge is 0.354 e. The average molecular weight is 467 g/mol. The van der Waals surface area contributed by atoms with Crippen LogP contribution in [0.4, 0.5) is 0 Å². The van der Waals surface area contributed by atoms with E-state index in [0.29, 0.717) is 29.6 Å². The van der Waals surface area contributed by atoms with Gasteiger partial charge in [0.2, 0.25) is 11.8 Å². The minimum absolute atomic E-state index is 0.0925. The Hall–Kier alpha value is -1.69. The normalized spacial score (nSPS) is 11.8. The van der Waals surface area contributed by atoms with Gasteiger partial charge in [-0.1, -0.05) is 60.8 Å². The van der Waals surface area contributed by atoms with Crippen molar-refractivity contribution in [2.24, 2.45) is 0 Å². The molecule has 1 N–H and O–H groups in total.